The highest BCUT2D eigenvalue weighted by molar-refractivity contribution is 6.66. The lowest BCUT2D eigenvalue weighted by Gasteiger charge is -2.25. The van der Waals surface area contributed by atoms with E-state index in [0.29, 0.717) is 6.54 Å². The molecule has 94 valence electrons. The van der Waals surface area contributed by atoms with Gasteiger partial charge >= 0.3 is 8.56 Å². The number of carbonyl (C=O) groups excluding carboxylic acids is 1. The van der Waals surface area contributed by atoms with Gasteiger partial charge in [-0.15, -0.1) is 0 Å². The van der Waals surface area contributed by atoms with Crippen LogP contribution in [0.5, 0.6) is 0 Å². The zero-order chi connectivity index (χ0) is 12.3. The normalized spacial score (nSPS) is 11.2. The summed E-state index contributed by atoms with van der Waals surface area (Å²) < 4.78 is 11.5. The molecule has 0 radical (unpaired) electrons. The monoisotopic (exact) mass is 245 g/mol. The average Bonchev–Trinajstić information content (AvgIpc) is 2.24. The Morgan fingerprint density at radius 2 is 1.75 bits per heavy atom. The van der Waals surface area contributed by atoms with E-state index in [4.69, 9.17) is 8.85 Å². The minimum Gasteiger partial charge on any atom is -0.395 e. The molecule has 0 heterocycles. The molecule has 4 nitrogen and oxygen atoms in total. The van der Waals surface area contributed by atoms with Crippen LogP contribution in [0.4, 0.5) is 0 Å². The first-order valence-electron chi connectivity index (χ1n) is 6.00. The van der Waals surface area contributed by atoms with Crippen molar-refractivity contribution in [3.05, 3.63) is 0 Å². The second-order valence-electron chi connectivity index (χ2n) is 3.78. The van der Waals surface area contributed by atoms with E-state index in [1.54, 1.807) is 6.08 Å². The molecule has 0 atom stereocenters. The summed E-state index contributed by atoms with van der Waals surface area (Å²) >= 11 is 0. The Hall–Kier alpha value is -0.483. The van der Waals surface area contributed by atoms with Crippen LogP contribution in [0.3, 0.4) is 0 Å². The zero-order valence-corrected chi connectivity index (χ0v) is 11.6. The minimum absolute atomic E-state index is 0.588. The van der Waals surface area contributed by atoms with Crippen LogP contribution < -0.4 is 0 Å². The van der Waals surface area contributed by atoms with Gasteiger partial charge in [-0.05, 0) is 32.9 Å². The fourth-order valence-corrected chi connectivity index (χ4v) is 4.14. The van der Waals surface area contributed by atoms with Crippen LogP contribution in [0.15, 0.2) is 4.99 Å². The summed E-state index contributed by atoms with van der Waals surface area (Å²) in [5, 5.41) is 0. The van der Waals surface area contributed by atoms with E-state index >= 15 is 0 Å². The van der Waals surface area contributed by atoms with Crippen molar-refractivity contribution in [3.63, 3.8) is 0 Å². The Morgan fingerprint density at radius 3 is 2.25 bits per heavy atom. The predicted octanol–water partition coefficient (Wildman–Crippen LogP) is 2.64. The van der Waals surface area contributed by atoms with Crippen LogP contribution in [0, 0.1) is 0 Å². The lowest BCUT2D eigenvalue weighted by molar-refractivity contribution is 0.188. The standard InChI is InChI=1S/C11H23NO3Si/c1-4-14-16(3,15-5-2)10-8-6-7-9-12-11-13/h4-10H2,1-3H3. The maximum atomic E-state index is 9.84. The Morgan fingerprint density at radius 1 is 1.12 bits per heavy atom. The molecular weight excluding hydrogens is 222 g/mol. The van der Waals surface area contributed by atoms with Crippen molar-refractivity contribution in [2.75, 3.05) is 19.8 Å². The molecule has 0 aliphatic carbocycles. The molecule has 5 heteroatoms. The van der Waals surface area contributed by atoms with Gasteiger partial charge in [0.05, 0.1) is 6.54 Å². The van der Waals surface area contributed by atoms with Crippen molar-refractivity contribution in [2.45, 2.75) is 45.7 Å². The van der Waals surface area contributed by atoms with Crippen LogP contribution in [0.25, 0.3) is 0 Å². The van der Waals surface area contributed by atoms with Gasteiger partial charge < -0.3 is 8.85 Å². The Balaban J connectivity index is 3.71. The summed E-state index contributed by atoms with van der Waals surface area (Å²) in [4.78, 5) is 13.4. The third-order valence-corrected chi connectivity index (χ3v) is 5.43. The number of aliphatic imine (C=N–C) groups is 1. The van der Waals surface area contributed by atoms with Gasteiger partial charge in [-0.25, -0.2) is 9.79 Å². The second kappa shape index (κ2) is 9.72. The molecule has 0 aliphatic heterocycles. The lowest BCUT2D eigenvalue weighted by atomic mass is 10.2. The molecule has 0 aromatic rings. The third kappa shape index (κ3) is 7.76. The van der Waals surface area contributed by atoms with E-state index in [1.807, 2.05) is 13.8 Å². The molecular formula is C11H23NO3Si. The molecule has 0 unspecified atom stereocenters. The van der Waals surface area contributed by atoms with Gasteiger partial charge in [-0.1, -0.05) is 12.8 Å². The largest absolute Gasteiger partial charge is 0.395 e. The molecule has 0 amide bonds. The maximum absolute atomic E-state index is 9.84. The number of rotatable bonds is 10. The molecule has 0 rings (SSSR count). The van der Waals surface area contributed by atoms with E-state index < -0.39 is 8.56 Å². The lowest BCUT2D eigenvalue weighted by Crippen LogP contribution is -2.38. The first kappa shape index (κ1) is 15.5. The highest BCUT2D eigenvalue weighted by Gasteiger charge is 2.29. The molecule has 0 saturated heterocycles. The van der Waals surface area contributed by atoms with Crippen molar-refractivity contribution in [1.29, 1.82) is 0 Å². The van der Waals surface area contributed by atoms with Gasteiger partial charge in [0.15, 0.2) is 0 Å². The first-order chi connectivity index (χ1) is 7.68. The molecule has 0 aliphatic rings. The van der Waals surface area contributed by atoms with E-state index in [9.17, 15) is 4.79 Å². The average molecular weight is 245 g/mol. The third-order valence-electron chi connectivity index (χ3n) is 2.36. The predicted molar refractivity (Wildman–Crippen MR) is 66.5 cm³/mol. The summed E-state index contributed by atoms with van der Waals surface area (Å²) in [5.74, 6) is 0. The van der Waals surface area contributed by atoms with Gasteiger partial charge in [0, 0.05) is 13.2 Å². The molecule has 16 heavy (non-hydrogen) atoms. The van der Waals surface area contributed by atoms with Crippen molar-refractivity contribution >= 4 is 14.6 Å². The first-order valence-corrected chi connectivity index (χ1v) is 8.52. The smallest absolute Gasteiger partial charge is 0.334 e. The summed E-state index contributed by atoms with van der Waals surface area (Å²) in [6.07, 6.45) is 4.64. The summed E-state index contributed by atoms with van der Waals surface area (Å²) in [6.45, 7) is 8.15. The summed E-state index contributed by atoms with van der Waals surface area (Å²) in [5.41, 5.74) is 0. The van der Waals surface area contributed by atoms with Gasteiger partial charge in [0.25, 0.3) is 0 Å². The van der Waals surface area contributed by atoms with Crippen molar-refractivity contribution < 1.29 is 13.6 Å². The van der Waals surface area contributed by atoms with Gasteiger partial charge in [0.2, 0.25) is 6.08 Å². The topological polar surface area (TPSA) is 47.9 Å². The number of nitrogens with zero attached hydrogens (tertiary/aromatic N) is 1. The second-order valence-corrected chi connectivity index (χ2v) is 7.13. The van der Waals surface area contributed by atoms with Crippen molar-refractivity contribution in [2.24, 2.45) is 4.99 Å². The molecule has 0 aromatic carbocycles. The Labute approximate surface area is 99.3 Å². The summed E-state index contributed by atoms with van der Waals surface area (Å²) in [6, 6.07) is 1.01. The van der Waals surface area contributed by atoms with E-state index in [0.717, 1.165) is 38.5 Å². The van der Waals surface area contributed by atoms with Crippen molar-refractivity contribution in [3.8, 4) is 0 Å². The molecule has 0 aromatic heterocycles. The maximum Gasteiger partial charge on any atom is 0.334 e. The SMILES string of the molecule is CCO[Si](C)(CCCCCN=C=O)OCC. The number of hydrogen-bond acceptors (Lipinski definition) is 4. The Kier molecular flexibility index (Phi) is 9.43. The van der Waals surface area contributed by atoms with Crippen LogP contribution in [0.2, 0.25) is 12.6 Å². The molecule has 0 saturated carbocycles. The van der Waals surface area contributed by atoms with Gasteiger partial charge in [0.1, 0.15) is 0 Å². The highest BCUT2D eigenvalue weighted by atomic mass is 28.4. The van der Waals surface area contributed by atoms with Crippen LogP contribution in [-0.2, 0) is 13.6 Å². The van der Waals surface area contributed by atoms with Crippen molar-refractivity contribution in [1.82, 2.24) is 0 Å². The molecule has 0 N–H and O–H groups in total. The minimum atomic E-state index is -1.93. The van der Waals surface area contributed by atoms with Gasteiger partial charge in [-0.3, -0.25) is 0 Å². The highest BCUT2D eigenvalue weighted by Crippen LogP contribution is 2.17. The quantitative estimate of drug-likeness (QED) is 0.257. The Bertz CT molecular complexity index is 211. The van der Waals surface area contributed by atoms with Gasteiger partial charge in [-0.2, -0.15) is 0 Å². The van der Waals surface area contributed by atoms with Crippen LogP contribution in [0.1, 0.15) is 33.1 Å². The zero-order valence-electron chi connectivity index (χ0n) is 10.6. The fourth-order valence-electron chi connectivity index (χ4n) is 1.66. The van der Waals surface area contributed by atoms with Crippen LogP contribution >= 0.6 is 0 Å². The summed E-state index contributed by atoms with van der Waals surface area (Å²) in [7, 11) is -1.93. The molecule has 0 spiro atoms. The van der Waals surface area contributed by atoms with E-state index in [-0.39, 0.29) is 0 Å². The fraction of sp³-hybridized carbons (Fsp3) is 0.909. The molecule has 0 fully saturated rings. The van der Waals surface area contributed by atoms with E-state index in [2.05, 4.69) is 11.5 Å². The van der Waals surface area contributed by atoms with E-state index in [1.165, 1.54) is 0 Å². The molecule has 0 bridgehead atoms. The number of unbranched alkanes of at least 4 members (excludes halogenated alkanes) is 2. The number of hydrogen-bond donors (Lipinski definition) is 0. The van der Waals surface area contributed by atoms with Crippen LogP contribution in [-0.4, -0.2) is 34.4 Å². The number of isocyanates is 1.